The highest BCUT2D eigenvalue weighted by molar-refractivity contribution is 5.83. The first-order valence-corrected chi connectivity index (χ1v) is 7.01. The van der Waals surface area contributed by atoms with Crippen LogP contribution in [0.3, 0.4) is 0 Å². The molecule has 0 atom stereocenters. The Bertz CT molecular complexity index is 722. The molecule has 134 valence electrons. The third-order valence-corrected chi connectivity index (χ3v) is 3.17. The molecule has 0 saturated carbocycles. The Morgan fingerprint density at radius 3 is 2.12 bits per heavy atom. The molecule has 0 radical (unpaired) electrons. The zero-order valence-electron chi connectivity index (χ0n) is 13.7. The van der Waals surface area contributed by atoms with Gasteiger partial charge in [0.15, 0.2) is 11.5 Å². The summed E-state index contributed by atoms with van der Waals surface area (Å²) in [5, 5.41) is 3.94. The predicted octanol–water partition coefficient (Wildman–Crippen LogP) is 3.57. The van der Waals surface area contributed by atoms with E-state index in [1.54, 1.807) is 12.1 Å². The number of hydrazone groups is 1. The van der Waals surface area contributed by atoms with Crippen LogP contribution in [0, 0.1) is 0 Å². The summed E-state index contributed by atoms with van der Waals surface area (Å²) < 4.78 is 53.1. The molecule has 2 rings (SSSR count). The van der Waals surface area contributed by atoms with Gasteiger partial charge in [0.1, 0.15) is 5.82 Å². The van der Waals surface area contributed by atoms with Gasteiger partial charge in [-0.25, -0.2) is 4.98 Å². The summed E-state index contributed by atoms with van der Waals surface area (Å²) in [4.78, 5) is 3.66. The van der Waals surface area contributed by atoms with Crippen molar-refractivity contribution in [3.63, 3.8) is 0 Å². The molecule has 0 fully saturated rings. The van der Waals surface area contributed by atoms with Gasteiger partial charge in [-0.1, -0.05) is 0 Å². The third kappa shape index (κ3) is 4.52. The van der Waals surface area contributed by atoms with E-state index in [1.807, 2.05) is 0 Å². The fourth-order valence-electron chi connectivity index (χ4n) is 1.98. The maximum atomic E-state index is 12.5. The van der Waals surface area contributed by atoms with Crippen LogP contribution in [0.4, 0.5) is 19.0 Å². The SMILES string of the molecule is COc1cc(/C=N\Nc2ccc(C(F)(F)F)cn2)cc(OC)c1OC. The summed E-state index contributed by atoms with van der Waals surface area (Å²) in [7, 11) is 4.47. The molecule has 9 heteroatoms. The molecule has 0 unspecified atom stereocenters. The molecule has 6 nitrogen and oxygen atoms in total. The van der Waals surface area contributed by atoms with E-state index in [-0.39, 0.29) is 5.82 Å². The van der Waals surface area contributed by atoms with E-state index >= 15 is 0 Å². The fraction of sp³-hybridized carbons (Fsp3) is 0.250. The molecule has 0 bridgehead atoms. The van der Waals surface area contributed by atoms with Crippen LogP contribution in [0.25, 0.3) is 0 Å². The number of rotatable bonds is 6. The number of hydrogen-bond donors (Lipinski definition) is 1. The van der Waals surface area contributed by atoms with Gasteiger partial charge in [0.25, 0.3) is 0 Å². The lowest BCUT2D eigenvalue weighted by molar-refractivity contribution is -0.137. The van der Waals surface area contributed by atoms with Crippen molar-refractivity contribution in [1.82, 2.24) is 4.98 Å². The van der Waals surface area contributed by atoms with Crippen LogP contribution < -0.4 is 19.6 Å². The third-order valence-electron chi connectivity index (χ3n) is 3.17. The number of halogens is 3. The van der Waals surface area contributed by atoms with Crippen molar-refractivity contribution < 1.29 is 27.4 Å². The Labute approximate surface area is 142 Å². The number of anilines is 1. The summed E-state index contributed by atoms with van der Waals surface area (Å²) >= 11 is 0. The number of ether oxygens (including phenoxy) is 3. The zero-order chi connectivity index (χ0) is 18.4. The Morgan fingerprint density at radius 2 is 1.68 bits per heavy atom. The van der Waals surface area contributed by atoms with Crippen LogP contribution in [-0.2, 0) is 6.18 Å². The summed E-state index contributed by atoms with van der Waals surface area (Å²) in [5.74, 6) is 1.53. The summed E-state index contributed by atoms with van der Waals surface area (Å²) in [6.45, 7) is 0. The van der Waals surface area contributed by atoms with Crippen molar-refractivity contribution >= 4 is 12.0 Å². The number of alkyl halides is 3. The lowest BCUT2D eigenvalue weighted by Crippen LogP contribution is -2.05. The van der Waals surface area contributed by atoms with Crippen LogP contribution in [-0.4, -0.2) is 32.5 Å². The van der Waals surface area contributed by atoms with Crippen molar-refractivity contribution in [1.29, 1.82) is 0 Å². The van der Waals surface area contributed by atoms with E-state index < -0.39 is 11.7 Å². The topological polar surface area (TPSA) is 65.0 Å². The van der Waals surface area contributed by atoms with Crippen molar-refractivity contribution in [2.24, 2.45) is 5.10 Å². The normalized spacial score (nSPS) is 11.4. The highest BCUT2D eigenvalue weighted by Crippen LogP contribution is 2.37. The molecule has 0 aliphatic rings. The Balaban J connectivity index is 2.14. The minimum Gasteiger partial charge on any atom is -0.493 e. The van der Waals surface area contributed by atoms with Gasteiger partial charge in [0.05, 0.1) is 33.1 Å². The second kappa shape index (κ2) is 7.73. The molecule has 1 heterocycles. The number of methoxy groups -OCH3 is 3. The van der Waals surface area contributed by atoms with Crippen LogP contribution in [0.1, 0.15) is 11.1 Å². The van der Waals surface area contributed by atoms with Crippen LogP contribution in [0.15, 0.2) is 35.6 Å². The Hall–Kier alpha value is -2.97. The summed E-state index contributed by atoms with van der Waals surface area (Å²) in [5.41, 5.74) is 2.36. The second-order valence-electron chi connectivity index (χ2n) is 4.76. The molecule has 1 N–H and O–H groups in total. The average molecular weight is 355 g/mol. The number of nitrogens with one attached hydrogen (secondary N) is 1. The molecule has 0 amide bonds. The molecule has 0 aliphatic carbocycles. The Kier molecular flexibility index (Phi) is 5.68. The monoisotopic (exact) mass is 355 g/mol. The van der Waals surface area contributed by atoms with Gasteiger partial charge in [-0.2, -0.15) is 18.3 Å². The van der Waals surface area contributed by atoms with Crippen LogP contribution in [0.2, 0.25) is 0 Å². The molecule has 1 aromatic carbocycles. The minimum atomic E-state index is -4.43. The number of aromatic nitrogens is 1. The molecule has 25 heavy (non-hydrogen) atoms. The van der Waals surface area contributed by atoms with Gasteiger partial charge < -0.3 is 14.2 Å². The maximum Gasteiger partial charge on any atom is 0.417 e. The quantitative estimate of drug-likeness (QED) is 0.634. The van der Waals surface area contributed by atoms with E-state index in [0.717, 1.165) is 12.3 Å². The van der Waals surface area contributed by atoms with E-state index in [1.165, 1.54) is 33.6 Å². The van der Waals surface area contributed by atoms with Gasteiger partial charge in [0, 0.05) is 11.8 Å². The first kappa shape index (κ1) is 18.4. The smallest absolute Gasteiger partial charge is 0.417 e. The number of hydrogen-bond acceptors (Lipinski definition) is 6. The van der Waals surface area contributed by atoms with Crippen molar-refractivity contribution in [3.05, 3.63) is 41.6 Å². The molecular weight excluding hydrogens is 339 g/mol. The summed E-state index contributed by atoms with van der Waals surface area (Å²) in [6.07, 6.45) is -2.24. The van der Waals surface area contributed by atoms with Gasteiger partial charge in [-0.05, 0) is 24.3 Å². The van der Waals surface area contributed by atoms with E-state index in [2.05, 4.69) is 15.5 Å². The Morgan fingerprint density at radius 1 is 1.04 bits per heavy atom. The van der Waals surface area contributed by atoms with Crippen molar-refractivity contribution in [3.8, 4) is 17.2 Å². The minimum absolute atomic E-state index is 0.177. The fourth-order valence-corrected chi connectivity index (χ4v) is 1.98. The number of nitrogens with zero attached hydrogens (tertiary/aromatic N) is 2. The van der Waals surface area contributed by atoms with E-state index in [0.29, 0.717) is 22.8 Å². The van der Waals surface area contributed by atoms with Crippen molar-refractivity contribution in [2.75, 3.05) is 26.8 Å². The summed E-state index contributed by atoms with van der Waals surface area (Å²) in [6, 6.07) is 5.46. The first-order valence-electron chi connectivity index (χ1n) is 7.01. The van der Waals surface area contributed by atoms with E-state index in [9.17, 15) is 13.2 Å². The molecule has 2 aromatic rings. The van der Waals surface area contributed by atoms with Crippen LogP contribution >= 0.6 is 0 Å². The highest BCUT2D eigenvalue weighted by atomic mass is 19.4. The average Bonchev–Trinajstić information content (AvgIpc) is 2.60. The van der Waals surface area contributed by atoms with Crippen LogP contribution in [0.5, 0.6) is 17.2 Å². The maximum absolute atomic E-state index is 12.5. The molecule has 1 aromatic heterocycles. The van der Waals surface area contributed by atoms with E-state index in [4.69, 9.17) is 14.2 Å². The lowest BCUT2D eigenvalue weighted by atomic mass is 10.2. The molecule has 0 aliphatic heterocycles. The first-order chi connectivity index (χ1) is 11.9. The molecule has 0 saturated heterocycles. The van der Waals surface area contributed by atoms with Gasteiger partial charge in [-0.3, -0.25) is 5.43 Å². The highest BCUT2D eigenvalue weighted by Gasteiger charge is 2.30. The second-order valence-corrected chi connectivity index (χ2v) is 4.76. The van der Waals surface area contributed by atoms with Gasteiger partial charge >= 0.3 is 6.18 Å². The lowest BCUT2D eigenvalue weighted by Gasteiger charge is -2.12. The number of pyridine rings is 1. The van der Waals surface area contributed by atoms with Gasteiger partial charge in [0.2, 0.25) is 5.75 Å². The standard InChI is InChI=1S/C16H16F3N3O3/c1-23-12-6-10(7-13(24-2)15(12)25-3)8-21-22-14-5-4-11(9-20-14)16(17,18)19/h4-9H,1-3H3,(H,20,22)/b21-8-. The largest absolute Gasteiger partial charge is 0.493 e. The van der Waals surface area contributed by atoms with Crippen molar-refractivity contribution in [2.45, 2.75) is 6.18 Å². The number of benzene rings is 1. The molecule has 0 spiro atoms. The predicted molar refractivity (Wildman–Crippen MR) is 86.6 cm³/mol. The van der Waals surface area contributed by atoms with Gasteiger partial charge in [-0.15, -0.1) is 0 Å². The zero-order valence-corrected chi connectivity index (χ0v) is 13.7. The molecular formula is C16H16F3N3O3.